The van der Waals surface area contributed by atoms with Crippen molar-refractivity contribution in [3.05, 3.63) is 52.6 Å². The van der Waals surface area contributed by atoms with Gasteiger partial charge in [-0.15, -0.1) is 0 Å². The van der Waals surface area contributed by atoms with Crippen LogP contribution in [0.25, 0.3) is 0 Å². The Kier molecular flexibility index (Phi) is 4.49. The maximum Gasteiger partial charge on any atom is 0.312 e. The highest BCUT2D eigenvalue weighted by atomic mass is 32.2. The number of rotatable bonds is 5. The lowest BCUT2D eigenvalue weighted by Gasteiger charge is -2.09. The largest absolute Gasteiger partial charge is 0.502 e. The van der Waals surface area contributed by atoms with Crippen LogP contribution in [0.1, 0.15) is 0 Å². The fourth-order valence-corrected chi connectivity index (χ4v) is 3.51. The zero-order chi connectivity index (χ0) is 18.1. The Morgan fingerprint density at radius 3 is 2.04 bits per heavy atom. The highest BCUT2D eigenvalue weighted by Gasteiger charge is 2.21. The van der Waals surface area contributed by atoms with Gasteiger partial charge in [0.05, 0.1) is 14.7 Å². The van der Waals surface area contributed by atoms with Crippen LogP contribution < -0.4 is 4.72 Å². The molecule has 0 unspecified atom stereocenters. The Balaban J connectivity index is 2.35. The first kappa shape index (κ1) is 17.7. The highest BCUT2D eigenvalue weighted by molar-refractivity contribution is 7.92. The summed E-state index contributed by atoms with van der Waals surface area (Å²) in [5.41, 5.74) is -0.663. The predicted octanol–water partition coefficient (Wildman–Crippen LogP) is 1.50. The van der Waals surface area contributed by atoms with Gasteiger partial charge in [-0.05, 0) is 36.4 Å². The number of nitro groups is 1. The summed E-state index contributed by atoms with van der Waals surface area (Å²) in [6.07, 6.45) is 1.02. The lowest BCUT2D eigenvalue weighted by Crippen LogP contribution is -2.13. The minimum absolute atomic E-state index is 0.0192. The quantitative estimate of drug-likeness (QED) is 0.598. The summed E-state index contributed by atoms with van der Waals surface area (Å²) in [7, 11) is -7.56. The molecule has 0 amide bonds. The molecule has 2 N–H and O–H groups in total. The third-order valence-corrected chi connectivity index (χ3v) is 5.50. The van der Waals surface area contributed by atoms with Crippen LogP contribution in [-0.4, -0.2) is 33.1 Å². The molecule has 0 fully saturated rings. The maximum absolute atomic E-state index is 12.2. The zero-order valence-electron chi connectivity index (χ0n) is 12.2. The van der Waals surface area contributed by atoms with E-state index < -0.39 is 41.1 Å². The van der Waals surface area contributed by atoms with Crippen LogP contribution in [0.15, 0.2) is 52.3 Å². The van der Waals surface area contributed by atoms with E-state index >= 15 is 0 Å². The molecule has 24 heavy (non-hydrogen) atoms. The molecule has 0 aromatic heterocycles. The average molecular weight is 372 g/mol. The van der Waals surface area contributed by atoms with E-state index in [2.05, 4.69) is 4.72 Å². The Bertz CT molecular complexity index is 997. The van der Waals surface area contributed by atoms with Crippen LogP contribution in [0.4, 0.5) is 11.4 Å². The Labute approximate surface area is 137 Å². The molecule has 2 rings (SSSR count). The second kappa shape index (κ2) is 6.09. The molecule has 0 radical (unpaired) electrons. The first-order chi connectivity index (χ1) is 11.0. The summed E-state index contributed by atoms with van der Waals surface area (Å²) in [6.45, 7) is 0. The third kappa shape index (κ3) is 3.81. The van der Waals surface area contributed by atoms with Gasteiger partial charge in [-0.2, -0.15) is 0 Å². The minimum Gasteiger partial charge on any atom is -0.502 e. The standard InChI is InChI=1S/C13H12N2O7S2/c1-23(19,20)10-4-2-9(3-5-10)14-24(21,22)11-6-7-13(16)12(8-11)15(17)18/h2-8,14,16H,1H3. The topological polar surface area (TPSA) is 144 Å². The second-order valence-electron chi connectivity index (χ2n) is 4.81. The number of phenolic OH excluding ortho intramolecular Hbond substituents is 1. The van der Waals surface area contributed by atoms with E-state index in [4.69, 9.17) is 0 Å². The summed E-state index contributed by atoms with van der Waals surface area (Å²) in [5.74, 6) is -0.656. The van der Waals surface area contributed by atoms with Crippen molar-refractivity contribution in [1.29, 1.82) is 0 Å². The van der Waals surface area contributed by atoms with Crippen molar-refractivity contribution in [3.63, 3.8) is 0 Å². The Morgan fingerprint density at radius 2 is 1.54 bits per heavy atom. The number of nitro benzene ring substituents is 1. The predicted molar refractivity (Wildman–Crippen MR) is 85.1 cm³/mol. The molecule has 0 heterocycles. The van der Waals surface area contributed by atoms with Crippen LogP contribution in [0.3, 0.4) is 0 Å². The van der Waals surface area contributed by atoms with Gasteiger partial charge < -0.3 is 5.11 Å². The first-order valence-electron chi connectivity index (χ1n) is 6.31. The molecule has 0 bridgehead atoms. The number of anilines is 1. The van der Waals surface area contributed by atoms with Crippen molar-refractivity contribution in [2.24, 2.45) is 0 Å². The normalized spacial score (nSPS) is 11.9. The number of phenols is 1. The molecule has 0 saturated heterocycles. The number of hydrogen-bond acceptors (Lipinski definition) is 7. The van der Waals surface area contributed by atoms with Gasteiger partial charge in [0.25, 0.3) is 10.0 Å². The SMILES string of the molecule is CS(=O)(=O)c1ccc(NS(=O)(=O)c2ccc(O)c([N+](=O)[O-])c2)cc1. The first-order valence-corrected chi connectivity index (χ1v) is 9.68. The van der Waals surface area contributed by atoms with E-state index in [1.807, 2.05) is 0 Å². The van der Waals surface area contributed by atoms with Gasteiger partial charge in [-0.1, -0.05) is 0 Å². The molecule has 9 nitrogen and oxygen atoms in total. The zero-order valence-corrected chi connectivity index (χ0v) is 13.8. The molecule has 0 saturated carbocycles. The molecule has 0 aliphatic rings. The minimum atomic E-state index is -4.15. The van der Waals surface area contributed by atoms with Crippen LogP contribution in [0.5, 0.6) is 5.75 Å². The molecular formula is C13H12N2O7S2. The fourth-order valence-electron chi connectivity index (χ4n) is 1.80. The molecule has 0 spiro atoms. The number of sulfonamides is 1. The molecule has 11 heteroatoms. The third-order valence-electron chi connectivity index (χ3n) is 2.99. The van der Waals surface area contributed by atoms with E-state index in [-0.39, 0.29) is 10.6 Å². The molecule has 0 aliphatic heterocycles. The summed E-state index contributed by atoms with van der Waals surface area (Å²) < 4.78 is 49.4. The Morgan fingerprint density at radius 1 is 1.00 bits per heavy atom. The van der Waals surface area contributed by atoms with Gasteiger partial charge in [0.1, 0.15) is 0 Å². The molecule has 0 atom stereocenters. The number of benzene rings is 2. The van der Waals surface area contributed by atoms with Crippen molar-refractivity contribution in [2.45, 2.75) is 9.79 Å². The fraction of sp³-hybridized carbons (Fsp3) is 0.0769. The molecular weight excluding hydrogens is 360 g/mol. The average Bonchev–Trinajstić information content (AvgIpc) is 2.46. The van der Waals surface area contributed by atoms with Crippen LogP contribution in [0.2, 0.25) is 0 Å². The number of aromatic hydroxyl groups is 1. The van der Waals surface area contributed by atoms with Crippen molar-refractivity contribution < 1.29 is 26.9 Å². The van der Waals surface area contributed by atoms with Crippen molar-refractivity contribution in [2.75, 3.05) is 11.0 Å². The lowest BCUT2D eigenvalue weighted by molar-refractivity contribution is -0.386. The maximum atomic E-state index is 12.2. The number of hydrogen-bond donors (Lipinski definition) is 2. The van der Waals surface area contributed by atoms with Crippen molar-refractivity contribution in [3.8, 4) is 5.75 Å². The summed E-state index contributed by atoms with van der Waals surface area (Å²) in [5, 5.41) is 20.1. The summed E-state index contributed by atoms with van der Waals surface area (Å²) >= 11 is 0. The van der Waals surface area contributed by atoms with E-state index in [0.717, 1.165) is 24.5 Å². The van der Waals surface area contributed by atoms with E-state index in [1.165, 1.54) is 24.3 Å². The highest BCUT2D eigenvalue weighted by Crippen LogP contribution is 2.29. The molecule has 128 valence electrons. The van der Waals surface area contributed by atoms with Crippen LogP contribution in [-0.2, 0) is 19.9 Å². The van der Waals surface area contributed by atoms with Gasteiger partial charge in [0.15, 0.2) is 15.6 Å². The van der Waals surface area contributed by atoms with E-state index in [1.54, 1.807) is 0 Å². The van der Waals surface area contributed by atoms with E-state index in [0.29, 0.717) is 0 Å². The summed E-state index contributed by atoms with van der Waals surface area (Å²) in [6, 6.07) is 7.60. The van der Waals surface area contributed by atoms with Gasteiger partial charge in [-0.3, -0.25) is 14.8 Å². The molecule has 2 aromatic rings. The monoisotopic (exact) mass is 372 g/mol. The smallest absolute Gasteiger partial charge is 0.312 e. The van der Waals surface area contributed by atoms with Gasteiger partial charge in [0.2, 0.25) is 0 Å². The van der Waals surface area contributed by atoms with Crippen molar-refractivity contribution >= 4 is 31.2 Å². The van der Waals surface area contributed by atoms with Gasteiger partial charge >= 0.3 is 5.69 Å². The second-order valence-corrected chi connectivity index (χ2v) is 8.51. The lowest BCUT2D eigenvalue weighted by atomic mass is 10.3. The van der Waals surface area contributed by atoms with Crippen molar-refractivity contribution in [1.82, 2.24) is 0 Å². The Hall–Kier alpha value is -2.66. The summed E-state index contributed by atoms with van der Waals surface area (Å²) in [4.78, 5) is 9.46. The van der Waals surface area contributed by atoms with Crippen LogP contribution in [0, 0.1) is 10.1 Å². The number of nitrogens with one attached hydrogen (secondary N) is 1. The van der Waals surface area contributed by atoms with E-state index in [9.17, 15) is 32.1 Å². The van der Waals surface area contributed by atoms with Crippen LogP contribution >= 0.6 is 0 Å². The molecule has 2 aromatic carbocycles. The van der Waals surface area contributed by atoms with Gasteiger partial charge in [0, 0.05) is 18.0 Å². The molecule has 0 aliphatic carbocycles. The number of nitrogens with zero attached hydrogens (tertiary/aromatic N) is 1. The number of sulfone groups is 1. The van der Waals surface area contributed by atoms with Gasteiger partial charge in [-0.25, -0.2) is 16.8 Å².